The first kappa shape index (κ1) is 19.8. The molecule has 1 amide bonds. The van der Waals surface area contributed by atoms with E-state index >= 15 is 0 Å². The topological polar surface area (TPSA) is 56.8 Å². The van der Waals surface area contributed by atoms with E-state index in [0.29, 0.717) is 36.8 Å². The summed E-state index contributed by atoms with van der Waals surface area (Å²) in [5.74, 6) is 1.28. The van der Waals surface area contributed by atoms with Crippen LogP contribution in [0, 0.1) is 0 Å². The van der Waals surface area contributed by atoms with Crippen molar-refractivity contribution in [2.45, 2.75) is 33.3 Å². The molecule has 1 N–H and O–H groups in total. The summed E-state index contributed by atoms with van der Waals surface area (Å²) in [4.78, 5) is 12.4. The van der Waals surface area contributed by atoms with E-state index in [1.54, 1.807) is 24.3 Å². The maximum absolute atomic E-state index is 12.4. The first-order valence-electron chi connectivity index (χ1n) is 9.01. The molecule has 0 fully saturated rings. The van der Waals surface area contributed by atoms with Crippen LogP contribution in [0.3, 0.4) is 0 Å². The number of hydrogen-bond acceptors (Lipinski definition) is 4. The Morgan fingerprint density at radius 1 is 1.04 bits per heavy atom. The van der Waals surface area contributed by atoms with Gasteiger partial charge in [0.05, 0.1) is 12.7 Å². The number of benzene rings is 2. The number of nitrogens with one attached hydrogen (secondary N) is 1. The Bertz CT molecular complexity index is 685. The standard InChI is InChI=1S/C21H27NO4/c1-4-16(3)26-20-8-6-7-18(15-20)22-21(23)17-9-11-19(12-10-17)25-14-13-24-5-2/h6-12,15-16H,4-5,13-14H2,1-3H3,(H,22,23). The molecule has 0 heterocycles. The molecule has 0 aliphatic heterocycles. The highest BCUT2D eigenvalue weighted by Crippen LogP contribution is 2.20. The zero-order valence-electron chi connectivity index (χ0n) is 15.7. The van der Waals surface area contributed by atoms with Crippen molar-refractivity contribution in [2.24, 2.45) is 0 Å². The van der Waals surface area contributed by atoms with E-state index in [9.17, 15) is 4.79 Å². The molecule has 0 aliphatic rings. The molecule has 2 aromatic rings. The van der Waals surface area contributed by atoms with Gasteiger partial charge < -0.3 is 19.5 Å². The third-order valence-electron chi connectivity index (χ3n) is 3.82. The third kappa shape index (κ3) is 6.41. The minimum absolute atomic E-state index is 0.135. The van der Waals surface area contributed by atoms with Gasteiger partial charge in [0.1, 0.15) is 18.1 Å². The summed E-state index contributed by atoms with van der Waals surface area (Å²) in [6, 6.07) is 14.5. The summed E-state index contributed by atoms with van der Waals surface area (Å²) in [6.07, 6.45) is 1.06. The molecule has 2 rings (SSSR count). The van der Waals surface area contributed by atoms with Crippen LogP contribution < -0.4 is 14.8 Å². The summed E-state index contributed by atoms with van der Waals surface area (Å²) >= 11 is 0. The van der Waals surface area contributed by atoms with E-state index in [1.807, 2.05) is 38.1 Å². The first-order chi connectivity index (χ1) is 12.6. The van der Waals surface area contributed by atoms with Crippen LogP contribution in [-0.2, 0) is 4.74 Å². The summed E-state index contributed by atoms with van der Waals surface area (Å²) in [7, 11) is 0. The minimum Gasteiger partial charge on any atom is -0.491 e. The fraction of sp³-hybridized carbons (Fsp3) is 0.381. The first-order valence-corrected chi connectivity index (χ1v) is 9.01. The molecule has 26 heavy (non-hydrogen) atoms. The van der Waals surface area contributed by atoms with Gasteiger partial charge in [-0.3, -0.25) is 4.79 Å². The van der Waals surface area contributed by atoms with Crippen LogP contribution in [0.1, 0.15) is 37.6 Å². The van der Waals surface area contributed by atoms with E-state index in [1.165, 1.54) is 0 Å². The Kier molecular flexibility index (Phi) is 7.96. The average molecular weight is 357 g/mol. The highest BCUT2D eigenvalue weighted by molar-refractivity contribution is 6.04. The predicted octanol–water partition coefficient (Wildman–Crippen LogP) is 4.53. The lowest BCUT2D eigenvalue weighted by Gasteiger charge is -2.13. The van der Waals surface area contributed by atoms with Gasteiger partial charge >= 0.3 is 0 Å². The van der Waals surface area contributed by atoms with Gasteiger partial charge in [-0.25, -0.2) is 0 Å². The van der Waals surface area contributed by atoms with Gasteiger partial charge in [0.15, 0.2) is 0 Å². The lowest BCUT2D eigenvalue weighted by Crippen LogP contribution is -2.13. The van der Waals surface area contributed by atoms with Crippen LogP contribution >= 0.6 is 0 Å². The molecule has 140 valence electrons. The van der Waals surface area contributed by atoms with Crippen molar-refractivity contribution in [3.63, 3.8) is 0 Å². The van der Waals surface area contributed by atoms with Gasteiger partial charge in [-0.2, -0.15) is 0 Å². The van der Waals surface area contributed by atoms with Gasteiger partial charge in [-0.15, -0.1) is 0 Å². The van der Waals surface area contributed by atoms with Crippen molar-refractivity contribution >= 4 is 11.6 Å². The quantitative estimate of drug-likeness (QED) is 0.635. The molecular weight excluding hydrogens is 330 g/mol. The molecule has 5 heteroatoms. The van der Waals surface area contributed by atoms with Crippen molar-refractivity contribution in [2.75, 3.05) is 25.1 Å². The molecule has 1 unspecified atom stereocenters. The molecule has 5 nitrogen and oxygen atoms in total. The maximum Gasteiger partial charge on any atom is 0.255 e. The average Bonchev–Trinajstić information content (AvgIpc) is 2.66. The Balaban J connectivity index is 1.92. The number of carbonyl (C=O) groups excluding carboxylic acids is 1. The zero-order valence-corrected chi connectivity index (χ0v) is 15.7. The Morgan fingerprint density at radius 3 is 2.50 bits per heavy atom. The van der Waals surface area contributed by atoms with E-state index in [2.05, 4.69) is 12.2 Å². The number of carbonyl (C=O) groups is 1. The lowest BCUT2D eigenvalue weighted by molar-refractivity contribution is 0.102. The monoisotopic (exact) mass is 357 g/mol. The van der Waals surface area contributed by atoms with Crippen molar-refractivity contribution < 1.29 is 19.0 Å². The second-order valence-corrected chi connectivity index (χ2v) is 5.89. The van der Waals surface area contributed by atoms with E-state index < -0.39 is 0 Å². The third-order valence-corrected chi connectivity index (χ3v) is 3.82. The summed E-state index contributed by atoms with van der Waals surface area (Å²) in [6.45, 7) is 7.74. The second-order valence-electron chi connectivity index (χ2n) is 5.89. The summed E-state index contributed by atoms with van der Waals surface area (Å²) in [5, 5.41) is 2.89. The highest BCUT2D eigenvalue weighted by atomic mass is 16.5. The Morgan fingerprint density at radius 2 is 1.81 bits per heavy atom. The fourth-order valence-corrected chi connectivity index (χ4v) is 2.23. The van der Waals surface area contributed by atoms with E-state index in [-0.39, 0.29) is 12.0 Å². The number of ether oxygens (including phenoxy) is 3. The molecule has 0 radical (unpaired) electrons. The molecule has 2 aromatic carbocycles. The summed E-state index contributed by atoms with van der Waals surface area (Å²) in [5.41, 5.74) is 1.27. The lowest BCUT2D eigenvalue weighted by atomic mass is 10.2. The van der Waals surface area contributed by atoms with Gasteiger partial charge in [0.2, 0.25) is 0 Å². The molecule has 0 saturated carbocycles. The van der Waals surface area contributed by atoms with Crippen molar-refractivity contribution in [1.82, 2.24) is 0 Å². The second kappa shape index (κ2) is 10.5. The molecule has 0 aromatic heterocycles. The van der Waals surface area contributed by atoms with Gasteiger partial charge in [-0.1, -0.05) is 13.0 Å². The summed E-state index contributed by atoms with van der Waals surface area (Å²) < 4.78 is 16.6. The highest BCUT2D eigenvalue weighted by Gasteiger charge is 2.08. The van der Waals surface area contributed by atoms with Crippen LogP contribution in [0.25, 0.3) is 0 Å². The normalized spacial score (nSPS) is 11.7. The van der Waals surface area contributed by atoms with Crippen molar-refractivity contribution in [1.29, 1.82) is 0 Å². The van der Waals surface area contributed by atoms with Crippen LogP contribution in [0.4, 0.5) is 5.69 Å². The van der Waals surface area contributed by atoms with Crippen molar-refractivity contribution in [3.8, 4) is 11.5 Å². The Hall–Kier alpha value is -2.53. The molecule has 0 saturated heterocycles. The Labute approximate surface area is 155 Å². The SMILES string of the molecule is CCOCCOc1ccc(C(=O)Nc2cccc(OC(C)CC)c2)cc1. The molecule has 1 atom stereocenters. The molecule has 0 aliphatic carbocycles. The molecule has 0 spiro atoms. The largest absolute Gasteiger partial charge is 0.491 e. The van der Waals surface area contributed by atoms with Crippen LogP contribution in [-0.4, -0.2) is 31.8 Å². The minimum atomic E-state index is -0.174. The molecule has 0 bridgehead atoms. The number of amides is 1. The van der Waals surface area contributed by atoms with Crippen LogP contribution in [0.15, 0.2) is 48.5 Å². The van der Waals surface area contributed by atoms with Gasteiger partial charge in [0, 0.05) is 23.9 Å². The van der Waals surface area contributed by atoms with E-state index in [4.69, 9.17) is 14.2 Å². The predicted molar refractivity (Wildman–Crippen MR) is 103 cm³/mol. The smallest absolute Gasteiger partial charge is 0.255 e. The fourth-order valence-electron chi connectivity index (χ4n) is 2.23. The van der Waals surface area contributed by atoms with E-state index in [0.717, 1.165) is 12.2 Å². The van der Waals surface area contributed by atoms with Gasteiger partial charge in [-0.05, 0) is 56.7 Å². The zero-order chi connectivity index (χ0) is 18.8. The van der Waals surface area contributed by atoms with Crippen LogP contribution in [0.5, 0.6) is 11.5 Å². The number of hydrogen-bond donors (Lipinski definition) is 1. The number of rotatable bonds is 10. The number of anilines is 1. The van der Waals surface area contributed by atoms with Crippen LogP contribution in [0.2, 0.25) is 0 Å². The maximum atomic E-state index is 12.4. The van der Waals surface area contributed by atoms with Gasteiger partial charge in [0.25, 0.3) is 5.91 Å². The molecular formula is C21H27NO4. The van der Waals surface area contributed by atoms with Crippen molar-refractivity contribution in [3.05, 3.63) is 54.1 Å².